The summed E-state index contributed by atoms with van der Waals surface area (Å²) in [6.45, 7) is 4.33. The second-order valence-electron chi connectivity index (χ2n) is 4.87. The molecule has 0 saturated heterocycles. The second kappa shape index (κ2) is 6.91. The Balaban J connectivity index is 2.15. The summed E-state index contributed by atoms with van der Waals surface area (Å²) in [6, 6.07) is 16.9. The highest BCUT2D eigenvalue weighted by atomic mass is 79.9. The summed E-state index contributed by atoms with van der Waals surface area (Å²) in [5.41, 5.74) is 2.43. The van der Waals surface area contributed by atoms with Crippen LogP contribution >= 0.6 is 15.9 Å². The van der Waals surface area contributed by atoms with Crippen LogP contribution in [0, 0.1) is 0 Å². The fourth-order valence-corrected chi connectivity index (χ4v) is 3.03. The molecule has 0 saturated carbocycles. The summed E-state index contributed by atoms with van der Waals surface area (Å²) < 4.78 is 6.56. The number of methoxy groups -OCH3 is 1. The molecule has 0 aliphatic carbocycles. The molecule has 1 N–H and O–H groups in total. The molecule has 0 heterocycles. The monoisotopic (exact) mass is 333 g/mol. The average molecular weight is 334 g/mol. The highest BCUT2D eigenvalue weighted by Crippen LogP contribution is 2.29. The molecule has 0 amide bonds. The Morgan fingerprint density at radius 3 is 2.10 bits per heavy atom. The Morgan fingerprint density at radius 1 is 0.900 bits per heavy atom. The highest BCUT2D eigenvalue weighted by Gasteiger charge is 2.15. The van der Waals surface area contributed by atoms with Crippen molar-refractivity contribution in [3.05, 3.63) is 64.1 Å². The van der Waals surface area contributed by atoms with Crippen LogP contribution in [-0.4, -0.2) is 7.11 Å². The van der Waals surface area contributed by atoms with Crippen molar-refractivity contribution in [3.8, 4) is 5.75 Å². The van der Waals surface area contributed by atoms with Crippen LogP contribution in [0.4, 0.5) is 0 Å². The number of hydrogen-bond donors (Lipinski definition) is 1. The van der Waals surface area contributed by atoms with Gasteiger partial charge < -0.3 is 10.1 Å². The van der Waals surface area contributed by atoms with Gasteiger partial charge in [-0.15, -0.1) is 0 Å². The number of para-hydroxylation sites is 1. The van der Waals surface area contributed by atoms with Crippen molar-refractivity contribution < 1.29 is 4.74 Å². The van der Waals surface area contributed by atoms with Crippen molar-refractivity contribution in [3.63, 3.8) is 0 Å². The van der Waals surface area contributed by atoms with E-state index in [0.717, 1.165) is 10.2 Å². The minimum atomic E-state index is 0.216. The van der Waals surface area contributed by atoms with E-state index in [9.17, 15) is 0 Å². The quantitative estimate of drug-likeness (QED) is 0.842. The van der Waals surface area contributed by atoms with Gasteiger partial charge in [0.15, 0.2) is 0 Å². The van der Waals surface area contributed by atoms with Gasteiger partial charge in [0.05, 0.1) is 7.11 Å². The fourth-order valence-electron chi connectivity index (χ4n) is 2.40. The summed E-state index contributed by atoms with van der Waals surface area (Å²) in [4.78, 5) is 0. The van der Waals surface area contributed by atoms with Crippen LogP contribution in [0.3, 0.4) is 0 Å². The zero-order valence-corrected chi connectivity index (χ0v) is 13.6. The number of ether oxygens (including phenoxy) is 1. The van der Waals surface area contributed by atoms with Crippen molar-refractivity contribution in [2.75, 3.05) is 7.11 Å². The lowest BCUT2D eigenvalue weighted by Gasteiger charge is -2.23. The first kappa shape index (κ1) is 15.1. The number of halogens is 1. The van der Waals surface area contributed by atoms with Crippen LogP contribution in [-0.2, 0) is 0 Å². The molecule has 2 aromatic rings. The van der Waals surface area contributed by atoms with E-state index in [4.69, 9.17) is 4.74 Å². The van der Waals surface area contributed by atoms with Gasteiger partial charge in [-0.25, -0.2) is 0 Å². The zero-order chi connectivity index (χ0) is 14.5. The summed E-state index contributed by atoms with van der Waals surface area (Å²) in [6.07, 6.45) is 0. The van der Waals surface area contributed by atoms with Gasteiger partial charge in [0.25, 0.3) is 0 Å². The van der Waals surface area contributed by atoms with Gasteiger partial charge in [0.1, 0.15) is 5.75 Å². The molecule has 0 radical (unpaired) electrons. The molecule has 20 heavy (non-hydrogen) atoms. The van der Waals surface area contributed by atoms with Gasteiger partial charge >= 0.3 is 0 Å². The molecule has 0 bridgehead atoms. The van der Waals surface area contributed by atoms with Crippen LogP contribution in [0.5, 0.6) is 5.75 Å². The highest BCUT2D eigenvalue weighted by molar-refractivity contribution is 9.10. The predicted octanol–water partition coefficient (Wildman–Crippen LogP) is 4.87. The maximum atomic E-state index is 5.43. The van der Waals surface area contributed by atoms with Crippen molar-refractivity contribution in [1.29, 1.82) is 0 Å². The fraction of sp³-hybridized carbons (Fsp3) is 0.294. The summed E-state index contributed by atoms with van der Waals surface area (Å²) in [5.74, 6) is 0.923. The Kier molecular flexibility index (Phi) is 5.21. The molecule has 0 spiro atoms. The smallest absolute Gasteiger partial charge is 0.123 e. The van der Waals surface area contributed by atoms with E-state index in [1.165, 1.54) is 11.1 Å². The Labute approximate surface area is 129 Å². The van der Waals surface area contributed by atoms with E-state index in [1.54, 1.807) is 7.11 Å². The lowest BCUT2D eigenvalue weighted by molar-refractivity contribution is 0.396. The molecule has 0 fully saturated rings. The Bertz CT molecular complexity index is 570. The molecule has 2 rings (SSSR count). The predicted molar refractivity (Wildman–Crippen MR) is 87.1 cm³/mol. The number of rotatable bonds is 5. The molecule has 0 aromatic heterocycles. The van der Waals surface area contributed by atoms with Crippen molar-refractivity contribution in [1.82, 2.24) is 5.32 Å². The van der Waals surface area contributed by atoms with Gasteiger partial charge in [-0.05, 0) is 31.5 Å². The summed E-state index contributed by atoms with van der Waals surface area (Å²) in [5, 5.41) is 3.62. The third kappa shape index (κ3) is 3.41. The Hall–Kier alpha value is -1.32. The van der Waals surface area contributed by atoms with Crippen molar-refractivity contribution in [2.45, 2.75) is 25.9 Å². The van der Waals surface area contributed by atoms with Crippen LogP contribution in [0.2, 0.25) is 0 Å². The molecular weight excluding hydrogens is 314 g/mol. The lowest BCUT2D eigenvalue weighted by atomic mass is 10.0. The average Bonchev–Trinajstić information content (AvgIpc) is 2.47. The van der Waals surface area contributed by atoms with Gasteiger partial charge in [-0.2, -0.15) is 0 Å². The van der Waals surface area contributed by atoms with Crippen LogP contribution in [0.1, 0.15) is 37.1 Å². The first-order valence-corrected chi connectivity index (χ1v) is 7.56. The summed E-state index contributed by atoms with van der Waals surface area (Å²) >= 11 is 3.61. The van der Waals surface area contributed by atoms with Crippen LogP contribution < -0.4 is 10.1 Å². The number of nitrogens with one attached hydrogen (secondary N) is 1. The lowest BCUT2D eigenvalue weighted by Crippen LogP contribution is -2.23. The van der Waals surface area contributed by atoms with E-state index in [-0.39, 0.29) is 12.1 Å². The molecule has 2 aromatic carbocycles. The summed E-state index contributed by atoms with van der Waals surface area (Å²) in [7, 11) is 1.71. The zero-order valence-electron chi connectivity index (χ0n) is 12.1. The molecule has 0 aliphatic heterocycles. The van der Waals surface area contributed by atoms with Crippen molar-refractivity contribution >= 4 is 15.9 Å². The molecule has 2 unspecified atom stereocenters. The van der Waals surface area contributed by atoms with Gasteiger partial charge in [-0.1, -0.05) is 52.3 Å². The van der Waals surface area contributed by atoms with Crippen molar-refractivity contribution in [2.24, 2.45) is 0 Å². The standard InChI is InChI=1S/C17H20BrNO/c1-12(14-8-4-6-10-16(14)18)19-13(2)15-9-5-7-11-17(15)20-3/h4-13,19H,1-3H3. The minimum Gasteiger partial charge on any atom is -0.496 e. The second-order valence-corrected chi connectivity index (χ2v) is 5.73. The maximum absolute atomic E-state index is 5.43. The van der Waals surface area contributed by atoms with E-state index >= 15 is 0 Å². The molecule has 3 heteroatoms. The SMILES string of the molecule is COc1ccccc1C(C)NC(C)c1ccccc1Br. The maximum Gasteiger partial charge on any atom is 0.123 e. The van der Waals surface area contributed by atoms with Gasteiger partial charge in [0.2, 0.25) is 0 Å². The molecular formula is C17H20BrNO. The van der Waals surface area contributed by atoms with Gasteiger partial charge in [0, 0.05) is 22.1 Å². The largest absolute Gasteiger partial charge is 0.496 e. The molecule has 2 nitrogen and oxygen atoms in total. The number of benzene rings is 2. The minimum absolute atomic E-state index is 0.216. The third-order valence-corrected chi connectivity index (χ3v) is 4.20. The first-order valence-electron chi connectivity index (χ1n) is 6.77. The Morgan fingerprint density at radius 2 is 1.45 bits per heavy atom. The normalized spacial score (nSPS) is 13.8. The van der Waals surface area contributed by atoms with E-state index in [2.05, 4.69) is 59.4 Å². The number of hydrogen-bond acceptors (Lipinski definition) is 2. The molecule has 0 aliphatic rings. The topological polar surface area (TPSA) is 21.3 Å². The van der Waals surface area contributed by atoms with E-state index in [1.807, 2.05) is 24.3 Å². The molecule has 106 valence electrons. The third-order valence-electron chi connectivity index (χ3n) is 3.48. The first-order chi connectivity index (χ1) is 9.63. The van der Waals surface area contributed by atoms with Crippen LogP contribution in [0.15, 0.2) is 53.0 Å². The van der Waals surface area contributed by atoms with Gasteiger partial charge in [-0.3, -0.25) is 0 Å². The van der Waals surface area contributed by atoms with E-state index in [0.29, 0.717) is 0 Å². The van der Waals surface area contributed by atoms with Crippen LogP contribution in [0.25, 0.3) is 0 Å². The van der Waals surface area contributed by atoms with E-state index < -0.39 is 0 Å². The molecule has 2 atom stereocenters.